The molecule has 0 aliphatic carbocycles. The van der Waals surface area contributed by atoms with Crippen molar-refractivity contribution in [1.82, 2.24) is 5.43 Å². The van der Waals surface area contributed by atoms with Crippen molar-refractivity contribution < 1.29 is 19.0 Å². The Hall–Kier alpha value is -2.19. The molecule has 0 bridgehead atoms. The van der Waals surface area contributed by atoms with E-state index < -0.39 is 0 Å². The molecule has 0 aliphatic rings. The molecule has 6 nitrogen and oxygen atoms in total. The highest BCUT2D eigenvalue weighted by molar-refractivity contribution is 8.01. The lowest BCUT2D eigenvalue weighted by Gasteiger charge is -2.13. The number of nitrogens with zero attached hydrogens (tertiary/aromatic N) is 1. The number of nitrogens with one attached hydrogen (secondary N) is 1. The summed E-state index contributed by atoms with van der Waals surface area (Å²) in [7, 11) is 4.53. The number of hydrogen-bond acceptors (Lipinski definition) is 7. The van der Waals surface area contributed by atoms with Crippen LogP contribution in [0.1, 0.15) is 34.6 Å². The largest absolute Gasteiger partial charge is 0.493 e. The third-order valence-electron chi connectivity index (χ3n) is 3.70. The van der Waals surface area contributed by atoms with Crippen molar-refractivity contribution in [3.63, 3.8) is 0 Å². The Morgan fingerprint density at radius 3 is 2.33 bits per heavy atom. The summed E-state index contributed by atoms with van der Waals surface area (Å²) < 4.78 is 17.0. The molecular formula is C19H24N2O4S2. The molecule has 2 rings (SSSR count). The van der Waals surface area contributed by atoms with Gasteiger partial charge in [0, 0.05) is 16.0 Å². The maximum atomic E-state index is 12.5. The Morgan fingerprint density at radius 1 is 1.15 bits per heavy atom. The first-order valence-corrected chi connectivity index (χ1v) is 10.3. The van der Waals surface area contributed by atoms with Crippen LogP contribution in [0.5, 0.6) is 17.2 Å². The van der Waals surface area contributed by atoms with Crippen LogP contribution in [0.3, 0.4) is 0 Å². The van der Waals surface area contributed by atoms with E-state index in [2.05, 4.69) is 30.4 Å². The van der Waals surface area contributed by atoms with Crippen molar-refractivity contribution in [2.45, 2.75) is 24.5 Å². The summed E-state index contributed by atoms with van der Waals surface area (Å²) in [6, 6.07) is 5.28. The first kappa shape index (κ1) is 21.1. The number of amides is 1. The predicted octanol–water partition coefficient (Wildman–Crippen LogP) is 4.21. The number of thiophene rings is 1. The molecule has 8 heteroatoms. The van der Waals surface area contributed by atoms with Gasteiger partial charge in [0.1, 0.15) is 0 Å². The van der Waals surface area contributed by atoms with Crippen molar-refractivity contribution >= 4 is 35.2 Å². The molecule has 0 aliphatic heterocycles. The minimum absolute atomic E-state index is 0.360. The molecular weight excluding hydrogens is 384 g/mol. The van der Waals surface area contributed by atoms with Gasteiger partial charge in [0.2, 0.25) is 5.75 Å². The molecule has 1 aromatic carbocycles. The number of methoxy groups -OCH3 is 3. The monoisotopic (exact) mass is 408 g/mol. The molecule has 1 amide bonds. The van der Waals surface area contributed by atoms with Gasteiger partial charge < -0.3 is 14.2 Å². The fraction of sp³-hybridized carbons (Fsp3) is 0.368. The van der Waals surface area contributed by atoms with Gasteiger partial charge in [0.25, 0.3) is 5.91 Å². The molecule has 0 saturated heterocycles. The molecule has 27 heavy (non-hydrogen) atoms. The summed E-state index contributed by atoms with van der Waals surface area (Å²) >= 11 is 3.54. The normalized spacial score (nSPS) is 10.9. The molecule has 0 atom stereocenters. The number of rotatable bonds is 9. The average molecular weight is 409 g/mol. The number of ether oxygens (including phenoxy) is 3. The van der Waals surface area contributed by atoms with Crippen molar-refractivity contribution in [2.75, 3.05) is 27.1 Å². The molecule has 1 N–H and O–H groups in total. The lowest BCUT2D eigenvalue weighted by atomic mass is 10.1. The van der Waals surface area contributed by atoms with Crippen LogP contribution in [0, 0.1) is 0 Å². The summed E-state index contributed by atoms with van der Waals surface area (Å²) in [6.45, 7) is 4.24. The van der Waals surface area contributed by atoms with Gasteiger partial charge in [-0.05, 0) is 30.4 Å². The fourth-order valence-corrected chi connectivity index (χ4v) is 4.63. The van der Waals surface area contributed by atoms with Crippen LogP contribution in [0.15, 0.2) is 27.5 Å². The third-order valence-corrected chi connectivity index (χ3v) is 6.18. The molecule has 0 saturated carbocycles. The highest BCUT2D eigenvalue weighted by atomic mass is 32.2. The molecule has 0 spiro atoms. The van der Waals surface area contributed by atoms with E-state index in [1.165, 1.54) is 30.4 Å². The Kier molecular flexibility index (Phi) is 7.99. The molecule has 0 unspecified atom stereocenters. The molecule has 0 radical (unpaired) electrons. The van der Waals surface area contributed by atoms with Crippen LogP contribution in [-0.2, 0) is 6.42 Å². The van der Waals surface area contributed by atoms with E-state index in [1.54, 1.807) is 41.4 Å². The number of thioether (sulfide) groups is 1. The third kappa shape index (κ3) is 5.17. The molecule has 1 aromatic heterocycles. The molecule has 1 heterocycles. The zero-order valence-electron chi connectivity index (χ0n) is 16.1. The van der Waals surface area contributed by atoms with E-state index in [0.717, 1.165) is 17.7 Å². The van der Waals surface area contributed by atoms with E-state index in [-0.39, 0.29) is 5.91 Å². The van der Waals surface area contributed by atoms with Gasteiger partial charge in [-0.25, -0.2) is 5.43 Å². The van der Waals surface area contributed by atoms with Crippen molar-refractivity contribution in [3.05, 3.63) is 34.2 Å². The van der Waals surface area contributed by atoms with Crippen molar-refractivity contribution in [3.8, 4) is 17.2 Å². The summed E-state index contributed by atoms with van der Waals surface area (Å²) in [5.41, 5.74) is 3.95. The minimum Gasteiger partial charge on any atom is -0.493 e. The lowest BCUT2D eigenvalue weighted by Crippen LogP contribution is -2.18. The maximum Gasteiger partial charge on any atom is 0.271 e. The van der Waals surface area contributed by atoms with Crippen LogP contribution >= 0.6 is 23.1 Å². The second-order valence-electron chi connectivity index (χ2n) is 5.36. The van der Waals surface area contributed by atoms with Gasteiger partial charge >= 0.3 is 0 Å². The minimum atomic E-state index is -0.360. The Labute approximate surface area is 167 Å². The smallest absolute Gasteiger partial charge is 0.271 e. The highest BCUT2D eigenvalue weighted by Gasteiger charge is 2.16. The van der Waals surface area contributed by atoms with Gasteiger partial charge in [-0.3, -0.25) is 4.79 Å². The second kappa shape index (κ2) is 10.2. The number of aryl methyl sites for hydroxylation is 1. The van der Waals surface area contributed by atoms with Crippen molar-refractivity contribution in [2.24, 2.45) is 5.10 Å². The van der Waals surface area contributed by atoms with Gasteiger partial charge in [-0.15, -0.1) is 23.1 Å². The lowest BCUT2D eigenvalue weighted by molar-refractivity contribution is 0.0954. The number of carbonyl (C=O) groups excluding carboxylic acids is 1. The zero-order valence-corrected chi connectivity index (χ0v) is 17.8. The van der Waals surface area contributed by atoms with E-state index in [4.69, 9.17) is 14.2 Å². The number of carbonyl (C=O) groups is 1. The van der Waals surface area contributed by atoms with E-state index in [9.17, 15) is 4.79 Å². The van der Waals surface area contributed by atoms with Gasteiger partial charge in [0.15, 0.2) is 11.5 Å². The molecule has 146 valence electrons. The summed E-state index contributed by atoms with van der Waals surface area (Å²) in [5, 5.41) is 4.12. The van der Waals surface area contributed by atoms with Gasteiger partial charge in [0.05, 0.1) is 31.8 Å². The summed E-state index contributed by atoms with van der Waals surface area (Å²) in [4.78, 5) is 13.8. The first-order chi connectivity index (χ1) is 13.1. The number of hydrazone groups is 1. The van der Waals surface area contributed by atoms with Crippen LogP contribution < -0.4 is 19.6 Å². The maximum absolute atomic E-state index is 12.5. The van der Waals surface area contributed by atoms with Crippen LogP contribution in [0.4, 0.5) is 0 Å². The summed E-state index contributed by atoms with van der Waals surface area (Å²) in [5.74, 6) is 1.89. The van der Waals surface area contributed by atoms with E-state index in [0.29, 0.717) is 22.8 Å². The van der Waals surface area contributed by atoms with Crippen LogP contribution in [-0.4, -0.2) is 39.2 Å². The van der Waals surface area contributed by atoms with Crippen LogP contribution in [0.25, 0.3) is 0 Å². The van der Waals surface area contributed by atoms with Crippen molar-refractivity contribution in [1.29, 1.82) is 0 Å². The summed E-state index contributed by atoms with van der Waals surface area (Å²) in [6.07, 6.45) is 2.66. The standard InChI is InChI=1S/C19H24N2O4S2/c1-6-14-8-13(19(27-14)26-7-2)11-20-21-18(22)12-9-15(23-3)17(25-5)16(10-12)24-4/h8-11H,6-7H2,1-5H3,(H,21,22)/b20-11+. The Morgan fingerprint density at radius 2 is 1.81 bits per heavy atom. The van der Waals surface area contributed by atoms with Gasteiger partial charge in [-0.1, -0.05) is 13.8 Å². The number of benzene rings is 1. The SMILES string of the molecule is CCSc1sc(CC)cc1/C=N/NC(=O)c1cc(OC)c(OC)c(OC)c1. The fourth-order valence-electron chi connectivity index (χ4n) is 2.39. The number of hydrogen-bond donors (Lipinski definition) is 1. The predicted molar refractivity (Wildman–Crippen MR) is 111 cm³/mol. The Balaban J connectivity index is 2.18. The van der Waals surface area contributed by atoms with E-state index >= 15 is 0 Å². The topological polar surface area (TPSA) is 69.2 Å². The second-order valence-corrected chi connectivity index (χ2v) is 8.02. The van der Waals surface area contributed by atoms with E-state index in [1.807, 2.05) is 0 Å². The molecule has 0 fully saturated rings. The first-order valence-electron chi connectivity index (χ1n) is 8.46. The molecule has 2 aromatic rings. The quantitative estimate of drug-likeness (QED) is 0.382. The average Bonchev–Trinajstić information content (AvgIpc) is 3.08. The highest BCUT2D eigenvalue weighted by Crippen LogP contribution is 2.38. The van der Waals surface area contributed by atoms with Crippen LogP contribution in [0.2, 0.25) is 0 Å². The van der Waals surface area contributed by atoms with Gasteiger partial charge in [-0.2, -0.15) is 5.10 Å². The zero-order chi connectivity index (χ0) is 19.8. The Bertz CT molecular complexity index is 793.